The predicted molar refractivity (Wildman–Crippen MR) is 94.8 cm³/mol. The molecule has 0 saturated carbocycles. The molecule has 0 aromatic heterocycles. The van der Waals surface area contributed by atoms with E-state index in [0.717, 1.165) is 15.6 Å². The van der Waals surface area contributed by atoms with Crippen LogP contribution in [0.1, 0.15) is 22.8 Å². The van der Waals surface area contributed by atoms with Gasteiger partial charge in [0, 0.05) is 10.5 Å². The molecule has 0 atom stereocenters. The molecule has 0 aliphatic heterocycles. The number of carboxylic acid groups (broad SMARTS) is 1. The average Bonchev–Trinajstić information content (AvgIpc) is 2.50. The zero-order valence-electron chi connectivity index (χ0n) is 12.1. The number of hydrogen-bond donors (Lipinski definition) is 2. The van der Waals surface area contributed by atoms with Crippen LogP contribution in [0.15, 0.2) is 53.0 Å². The number of allylic oxidation sites excluding steroid dienone is 1. The number of rotatable bonds is 4. The highest BCUT2D eigenvalue weighted by Gasteiger charge is 2.11. The highest BCUT2D eigenvalue weighted by molar-refractivity contribution is 9.10. The summed E-state index contributed by atoms with van der Waals surface area (Å²) in [6.07, 6.45) is 1.41. The Morgan fingerprint density at radius 2 is 1.91 bits per heavy atom. The summed E-state index contributed by atoms with van der Waals surface area (Å²) in [6, 6.07) is 11.6. The molecule has 2 rings (SSSR count). The number of carboxylic acids is 1. The third-order valence-corrected chi connectivity index (χ3v) is 4.35. The number of carbonyl (C=O) groups is 2. The summed E-state index contributed by atoms with van der Waals surface area (Å²) in [5.41, 5.74) is 1.86. The highest BCUT2D eigenvalue weighted by Crippen LogP contribution is 2.26. The fourth-order valence-corrected chi connectivity index (χ4v) is 2.47. The Labute approximate surface area is 146 Å². The number of aromatic carboxylic acids is 1. The lowest BCUT2D eigenvalue weighted by Crippen LogP contribution is -2.12. The summed E-state index contributed by atoms with van der Waals surface area (Å²) in [5, 5.41) is 12.3. The minimum atomic E-state index is -1.09. The van der Waals surface area contributed by atoms with Crippen LogP contribution in [-0.2, 0) is 4.79 Å². The summed E-state index contributed by atoms with van der Waals surface area (Å²) >= 11 is 9.28. The van der Waals surface area contributed by atoms with Crippen LogP contribution in [0, 0.1) is 0 Å². The highest BCUT2D eigenvalue weighted by atomic mass is 79.9. The number of nitrogens with one attached hydrogen (secondary N) is 1. The van der Waals surface area contributed by atoms with Crippen molar-refractivity contribution in [2.24, 2.45) is 0 Å². The van der Waals surface area contributed by atoms with Gasteiger partial charge in [-0.25, -0.2) is 4.79 Å². The van der Waals surface area contributed by atoms with Crippen molar-refractivity contribution in [3.63, 3.8) is 0 Å². The number of hydrogen-bond acceptors (Lipinski definition) is 2. The SMILES string of the molecule is CC(=CC(=O)Nc1ccccc1C(=O)O)c1ccc(Cl)c(Br)c1. The first-order valence-corrected chi connectivity index (χ1v) is 7.82. The summed E-state index contributed by atoms with van der Waals surface area (Å²) < 4.78 is 0.737. The lowest BCUT2D eigenvalue weighted by atomic mass is 10.1. The first-order chi connectivity index (χ1) is 10.9. The minimum absolute atomic E-state index is 0.0427. The second kappa shape index (κ2) is 7.44. The Bertz CT molecular complexity index is 802. The van der Waals surface area contributed by atoms with Gasteiger partial charge < -0.3 is 10.4 Å². The first-order valence-electron chi connectivity index (χ1n) is 6.65. The van der Waals surface area contributed by atoms with Gasteiger partial charge in [0.15, 0.2) is 0 Å². The van der Waals surface area contributed by atoms with Crippen molar-refractivity contribution in [2.75, 3.05) is 5.32 Å². The zero-order chi connectivity index (χ0) is 17.0. The smallest absolute Gasteiger partial charge is 0.337 e. The van der Waals surface area contributed by atoms with Crippen LogP contribution in [0.4, 0.5) is 5.69 Å². The Hall–Kier alpha value is -2.11. The molecule has 4 nitrogen and oxygen atoms in total. The van der Waals surface area contributed by atoms with Crippen LogP contribution in [0.25, 0.3) is 5.57 Å². The molecule has 23 heavy (non-hydrogen) atoms. The van der Waals surface area contributed by atoms with Gasteiger partial charge in [-0.15, -0.1) is 0 Å². The first kappa shape index (κ1) is 17.2. The average molecular weight is 395 g/mol. The van der Waals surface area contributed by atoms with E-state index in [1.807, 2.05) is 6.07 Å². The van der Waals surface area contributed by atoms with E-state index in [1.54, 1.807) is 37.3 Å². The number of halogens is 2. The van der Waals surface area contributed by atoms with Crippen LogP contribution in [-0.4, -0.2) is 17.0 Å². The van der Waals surface area contributed by atoms with Gasteiger partial charge in [0.1, 0.15) is 0 Å². The van der Waals surface area contributed by atoms with Gasteiger partial charge in [-0.05, 0) is 58.3 Å². The van der Waals surface area contributed by atoms with Crippen molar-refractivity contribution in [2.45, 2.75) is 6.92 Å². The molecule has 6 heteroatoms. The lowest BCUT2D eigenvalue weighted by molar-refractivity contribution is -0.111. The Balaban J connectivity index is 2.21. The molecule has 0 heterocycles. The number of amides is 1. The number of anilines is 1. The van der Waals surface area contributed by atoms with E-state index >= 15 is 0 Å². The standard InChI is InChI=1S/C17H13BrClNO3/c1-10(11-6-7-14(19)13(18)9-11)8-16(21)20-15-5-3-2-4-12(15)17(22)23/h2-9H,1H3,(H,20,21)(H,22,23). The third-order valence-electron chi connectivity index (χ3n) is 3.14. The Kier molecular flexibility index (Phi) is 5.58. The molecular formula is C17H13BrClNO3. The second-order valence-electron chi connectivity index (χ2n) is 4.80. The second-order valence-corrected chi connectivity index (χ2v) is 6.06. The van der Waals surface area contributed by atoms with Gasteiger partial charge in [-0.2, -0.15) is 0 Å². The van der Waals surface area contributed by atoms with Crippen molar-refractivity contribution >= 4 is 50.7 Å². The summed E-state index contributed by atoms with van der Waals surface area (Å²) in [7, 11) is 0. The van der Waals surface area contributed by atoms with Crippen molar-refractivity contribution in [1.29, 1.82) is 0 Å². The van der Waals surface area contributed by atoms with E-state index in [1.165, 1.54) is 12.1 Å². The Morgan fingerprint density at radius 1 is 1.22 bits per heavy atom. The number of para-hydroxylation sites is 1. The van der Waals surface area contributed by atoms with Crippen LogP contribution in [0.5, 0.6) is 0 Å². The molecule has 0 bridgehead atoms. The molecule has 0 aliphatic carbocycles. The summed E-state index contributed by atoms with van der Waals surface area (Å²) in [6.45, 7) is 1.79. The molecule has 1 amide bonds. The molecule has 0 saturated heterocycles. The Morgan fingerprint density at radius 3 is 2.57 bits per heavy atom. The van der Waals surface area contributed by atoms with Crippen molar-refractivity contribution in [3.05, 3.63) is 69.2 Å². The van der Waals surface area contributed by atoms with Crippen molar-refractivity contribution in [3.8, 4) is 0 Å². The fraction of sp³-hybridized carbons (Fsp3) is 0.0588. The maximum Gasteiger partial charge on any atom is 0.337 e. The van der Waals surface area contributed by atoms with E-state index in [-0.39, 0.29) is 11.3 Å². The van der Waals surface area contributed by atoms with Crippen LogP contribution in [0.2, 0.25) is 5.02 Å². The maximum absolute atomic E-state index is 12.1. The topological polar surface area (TPSA) is 66.4 Å². The molecule has 0 fully saturated rings. The van der Waals surface area contributed by atoms with Gasteiger partial charge in [-0.3, -0.25) is 4.79 Å². The van der Waals surface area contributed by atoms with E-state index < -0.39 is 11.9 Å². The molecule has 0 radical (unpaired) electrons. The third kappa shape index (κ3) is 4.43. The molecule has 2 N–H and O–H groups in total. The molecule has 0 unspecified atom stereocenters. The fourth-order valence-electron chi connectivity index (χ4n) is 1.97. The van der Waals surface area contributed by atoms with Gasteiger partial charge >= 0.3 is 5.97 Å². The van der Waals surface area contributed by atoms with Gasteiger partial charge in [0.2, 0.25) is 5.91 Å². The molecule has 2 aromatic rings. The van der Waals surface area contributed by atoms with E-state index in [2.05, 4.69) is 21.2 Å². The molecule has 2 aromatic carbocycles. The lowest BCUT2D eigenvalue weighted by Gasteiger charge is -2.07. The molecule has 118 valence electrons. The molecule has 0 aliphatic rings. The van der Waals surface area contributed by atoms with Gasteiger partial charge in [0.25, 0.3) is 0 Å². The van der Waals surface area contributed by atoms with Gasteiger partial charge in [0.05, 0.1) is 16.3 Å². The van der Waals surface area contributed by atoms with Crippen molar-refractivity contribution in [1.82, 2.24) is 0 Å². The quantitative estimate of drug-likeness (QED) is 0.729. The van der Waals surface area contributed by atoms with Crippen LogP contribution in [0.3, 0.4) is 0 Å². The van der Waals surface area contributed by atoms with Crippen LogP contribution >= 0.6 is 27.5 Å². The van der Waals surface area contributed by atoms with Gasteiger partial charge in [-0.1, -0.05) is 29.8 Å². The van der Waals surface area contributed by atoms with Crippen molar-refractivity contribution < 1.29 is 14.7 Å². The maximum atomic E-state index is 12.1. The summed E-state index contributed by atoms with van der Waals surface area (Å²) in [5.74, 6) is -1.49. The monoisotopic (exact) mass is 393 g/mol. The predicted octanol–water partition coefficient (Wildman–Crippen LogP) is 4.84. The van der Waals surface area contributed by atoms with E-state index in [9.17, 15) is 9.59 Å². The molecule has 0 spiro atoms. The zero-order valence-corrected chi connectivity index (χ0v) is 14.5. The van der Waals surface area contributed by atoms with Crippen LogP contribution < -0.4 is 5.32 Å². The number of benzene rings is 2. The normalized spacial score (nSPS) is 11.2. The summed E-state index contributed by atoms with van der Waals surface area (Å²) in [4.78, 5) is 23.2. The number of carbonyl (C=O) groups excluding carboxylic acids is 1. The van der Waals surface area contributed by atoms with E-state index in [4.69, 9.17) is 16.7 Å². The van der Waals surface area contributed by atoms with E-state index in [0.29, 0.717) is 5.02 Å². The minimum Gasteiger partial charge on any atom is -0.478 e. The molecular weight excluding hydrogens is 382 g/mol. The largest absolute Gasteiger partial charge is 0.478 e.